The number of aromatic nitrogens is 2. The highest BCUT2D eigenvalue weighted by molar-refractivity contribution is 5.12. The maximum atomic E-state index is 4.31. The van der Waals surface area contributed by atoms with Crippen molar-refractivity contribution in [2.75, 3.05) is 19.6 Å². The normalized spacial score (nSPS) is 32.7. The molecule has 4 nitrogen and oxygen atoms in total. The van der Waals surface area contributed by atoms with Crippen LogP contribution in [0.4, 0.5) is 0 Å². The highest BCUT2D eigenvalue weighted by atomic mass is 15.3. The number of rotatable bonds is 2. The summed E-state index contributed by atoms with van der Waals surface area (Å²) in [6.07, 6.45) is 1.90. The van der Waals surface area contributed by atoms with Gasteiger partial charge in [-0.2, -0.15) is 5.10 Å². The van der Waals surface area contributed by atoms with Crippen molar-refractivity contribution in [1.29, 1.82) is 0 Å². The van der Waals surface area contributed by atoms with Gasteiger partial charge in [-0.05, 0) is 45.2 Å². The molecule has 3 unspecified atom stereocenters. The van der Waals surface area contributed by atoms with Crippen LogP contribution >= 0.6 is 0 Å². The predicted octanol–water partition coefficient (Wildman–Crippen LogP) is 1.41. The van der Waals surface area contributed by atoms with Gasteiger partial charge in [0, 0.05) is 37.9 Å². The summed E-state index contributed by atoms with van der Waals surface area (Å²) in [5.74, 6) is 1.60. The first-order valence-electron chi connectivity index (χ1n) is 6.97. The van der Waals surface area contributed by atoms with Crippen molar-refractivity contribution in [3.05, 3.63) is 18.0 Å². The predicted molar refractivity (Wildman–Crippen MR) is 72.3 cm³/mol. The molecule has 4 heteroatoms. The molecule has 2 aliphatic rings. The average Bonchev–Trinajstić information content (AvgIpc) is 2.96. The van der Waals surface area contributed by atoms with Crippen LogP contribution in [0.25, 0.3) is 0 Å². The molecule has 1 aromatic heterocycles. The minimum Gasteiger partial charge on any atom is -0.316 e. The molecule has 1 N–H and O–H groups in total. The molecule has 3 heterocycles. The monoisotopic (exact) mass is 248 g/mol. The molecule has 0 spiro atoms. The van der Waals surface area contributed by atoms with Crippen molar-refractivity contribution in [3.8, 4) is 0 Å². The van der Waals surface area contributed by atoms with Gasteiger partial charge in [0.25, 0.3) is 0 Å². The number of fused-ring (bicyclic) bond motifs is 1. The molecule has 100 valence electrons. The molecular formula is C14H24N4. The van der Waals surface area contributed by atoms with Gasteiger partial charge in [0.1, 0.15) is 0 Å². The Morgan fingerprint density at radius 3 is 2.83 bits per heavy atom. The Morgan fingerprint density at radius 2 is 2.22 bits per heavy atom. The summed E-state index contributed by atoms with van der Waals surface area (Å²) in [7, 11) is 2.04. The fourth-order valence-electron chi connectivity index (χ4n) is 4.06. The Bertz CT molecular complexity index is 437. The van der Waals surface area contributed by atoms with Gasteiger partial charge in [-0.3, -0.25) is 9.58 Å². The topological polar surface area (TPSA) is 33.1 Å². The van der Waals surface area contributed by atoms with Crippen molar-refractivity contribution >= 4 is 0 Å². The second-order valence-corrected chi connectivity index (χ2v) is 6.39. The summed E-state index contributed by atoms with van der Waals surface area (Å²) in [6, 6.07) is 2.59. The van der Waals surface area contributed by atoms with Gasteiger partial charge in [-0.1, -0.05) is 0 Å². The third kappa shape index (κ3) is 1.62. The van der Waals surface area contributed by atoms with E-state index in [0.29, 0.717) is 6.04 Å². The molecular weight excluding hydrogens is 224 g/mol. The number of hydrogen-bond acceptors (Lipinski definition) is 3. The Hall–Kier alpha value is -0.870. The molecule has 3 atom stereocenters. The van der Waals surface area contributed by atoms with Gasteiger partial charge in [0.2, 0.25) is 0 Å². The molecule has 0 amide bonds. The SMILES string of the molecule is CC(c1ccnn1C)N1CC2CNCC2C1(C)C. The lowest BCUT2D eigenvalue weighted by Gasteiger charge is -2.39. The highest BCUT2D eigenvalue weighted by Crippen LogP contribution is 2.44. The van der Waals surface area contributed by atoms with Gasteiger partial charge in [0.15, 0.2) is 0 Å². The molecule has 2 fully saturated rings. The van der Waals surface area contributed by atoms with Crippen molar-refractivity contribution in [2.45, 2.75) is 32.4 Å². The van der Waals surface area contributed by atoms with Crippen LogP contribution in [0.15, 0.2) is 12.3 Å². The fraction of sp³-hybridized carbons (Fsp3) is 0.786. The maximum absolute atomic E-state index is 4.31. The Balaban J connectivity index is 1.87. The van der Waals surface area contributed by atoms with Gasteiger partial charge in [-0.25, -0.2) is 0 Å². The smallest absolute Gasteiger partial charge is 0.0549 e. The van der Waals surface area contributed by atoms with Gasteiger partial charge < -0.3 is 5.32 Å². The van der Waals surface area contributed by atoms with E-state index in [2.05, 4.69) is 42.2 Å². The molecule has 0 bridgehead atoms. The summed E-state index contributed by atoms with van der Waals surface area (Å²) < 4.78 is 2.01. The van der Waals surface area contributed by atoms with E-state index >= 15 is 0 Å². The Morgan fingerprint density at radius 1 is 1.44 bits per heavy atom. The zero-order valence-corrected chi connectivity index (χ0v) is 11.8. The van der Waals surface area contributed by atoms with Crippen LogP contribution in [0.2, 0.25) is 0 Å². The van der Waals surface area contributed by atoms with Crippen LogP contribution in [0, 0.1) is 11.8 Å². The molecule has 3 rings (SSSR count). The summed E-state index contributed by atoms with van der Waals surface area (Å²) >= 11 is 0. The van der Waals surface area contributed by atoms with Gasteiger partial charge >= 0.3 is 0 Å². The number of nitrogens with zero attached hydrogens (tertiary/aromatic N) is 3. The quantitative estimate of drug-likeness (QED) is 0.859. The summed E-state index contributed by atoms with van der Waals surface area (Å²) in [6.45, 7) is 10.7. The third-order valence-corrected chi connectivity index (χ3v) is 5.17. The number of aryl methyl sites for hydroxylation is 1. The van der Waals surface area contributed by atoms with Crippen LogP contribution in [0.5, 0.6) is 0 Å². The van der Waals surface area contributed by atoms with Gasteiger partial charge in [-0.15, -0.1) is 0 Å². The lowest BCUT2D eigenvalue weighted by atomic mass is 9.84. The molecule has 0 aromatic carbocycles. The zero-order chi connectivity index (χ0) is 12.9. The second-order valence-electron chi connectivity index (χ2n) is 6.39. The van der Waals surface area contributed by atoms with E-state index in [4.69, 9.17) is 0 Å². The third-order valence-electron chi connectivity index (χ3n) is 5.17. The zero-order valence-electron chi connectivity index (χ0n) is 11.8. The number of likely N-dealkylation sites (tertiary alicyclic amines) is 1. The largest absolute Gasteiger partial charge is 0.316 e. The maximum Gasteiger partial charge on any atom is 0.0549 e. The molecule has 2 aliphatic heterocycles. The highest BCUT2D eigenvalue weighted by Gasteiger charge is 2.51. The van der Waals surface area contributed by atoms with E-state index in [9.17, 15) is 0 Å². The molecule has 0 aliphatic carbocycles. The van der Waals surface area contributed by atoms with Crippen molar-refractivity contribution in [2.24, 2.45) is 18.9 Å². The van der Waals surface area contributed by atoms with Crippen molar-refractivity contribution in [1.82, 2.24) is 20.0 Å². The first kappa shape index (κ1) is 12.2. The summed E-state index contributed by atoms with van der Waals surface area (Å²) in [5.41, 5.74) is 1.59. The lowest BCUT2D eigenvalue weighted by Crippen LogP contribution is -2.45. The van der Waals surface area contributed by atoms with E-state index in [1.165, 1.54) is 25.3 Å². The molecule has 2 saturated heterocycles. The lowest BCUT2D eigenvalue weighted by molar-refractivity contribution is 0.0931. The van der Waals surface area contributed by atoms with Crippen LogP contribution < -0.4 is 5.32 Å². The number of hydrogen-bond donors (Lipinski definition) is 1. The average molecular weight is 248 g/mol. The van der Waals surface area contributed by atoms with Crippen LogP contribution in [-0.4, -0.2) is 39.9 Å². The fourth-order valence-corrected chi connectivity index (χ4v) is 4.06. The van der Waals surface area contributed by atoms with Crippen LogP contribution in [0.1, 0.15) is 32.5 Å². The van der Waals surface area contributed by atoms with Crippen molar-refractivity contribution < 1.29 is 0 Å². The minimum atomic E-state index is 0.276. The summed E-state index contributed by atoms with van der Waals surface area (Å²) in [5, 5.41) is 7.85. The second kappa shape index (κ2) is 4.07. The molecule has 0 radical (unpaired) electrons. The summed E-state index contributed by atoms with van der Waals surface area (Å²) in [4.78, 5) is 2.67. The minimum absolute atomic E-state index is 0.276. The molecule has 1 aromatic rings. The molecule has 18 heavy (non-hydrogen) atoms. The first-order valence-corrected chi connectivity index (χ1v) is 6.97. The standard InChI is InChI=1S/C14H24N4/c1-10(13-5-6-16-17(13)4)18-9-11-7-15-8-12(11)14(18,2)3/h5-6,10-12,15H,7-9H2,1-4H3. The van der Waals surface area contributed by atoms with E-state index in [-0.39, 0.29) is 5.54 Å². The van der Waals surface area contributed by atoms with E-state index in [1.807, 2.05) is 17.9 Å². The van der Waals surface area contributed by atoms with Crippen molar-refractivity contribution in [3.63, 3.8) is 0 Å². The van der Waals surface area contributed by atoms with E-state index in [1.54, 1.807) is 0 Å². The van der Waals surface area contributed by atoms with E-state index in [0.717, 1.165) is 11.8 Å². The van der Waals surface area contributed by atoms with Crippen LogP contribution in [0.3, 0.4) is 0 Å². The Kier molecular flexibility index (Phi) is 2.75. The van der Waals surface area contributed by atoms with Crippen LogP contribution in [-0.2, 0) is 7.05 Å². The number of nitrogens with one attached hydrogen (secondary N) is 1. The Labute approximate surface area is 109 Å². The molecule has 0 saturated carbocycles. The first-order chi connectivity index (χ1) is 8.51. The van der Waals surface area contributed by atoms with E-state index < -0.39 is 0 Å². The van der Waals surface area contributed by atoms with Gasteiger partial charge in [0.05, 0.1) is 5.69 Å².